The van der Waals surface area contributed by atoms with Crippen molar-refractivity contribution in [3.8, 4) is 0 Å². The van der Waals surface area contributed by atoms with Crippen LogP contribution < -0.4 is 0 Å². The van der Waals surface area contributed by atoms with Crippen molar-refractivity contribution in [3.63, 3.8) is 0 Å². The first kappa shape index (κ1) is 12.8. The second-order valence-electron chi connectivity index (χ2n) is 5.23. The molecule has 1 atom stereocenters. The molecule has 3 amide bonds. The normalized spacial score (nSPS) is 19.4. The Hall–Kier alpha value is -2.17. The van der Waals surface area contributed by atoms with E-state index in [1.165, 1.54) is 0 Å². The monoisotopic (exact) mass is 272 g/mol. The van der Waals surface area contributed by atoms with Gasteiger partial charge in [0.2, 0.25) is 5.91 Å². The van der Waals surface area contributed by atoms with Crippen molar-refractivity contribution < 1.29 is 14.4 Å². The van der Waals surface area contributed by atoms with Gasteiger partial charge in [-0.2, -0.15) is 0 Å². The number of amides is 3. The van der Waals surface area contributed by atoms with Crippen LogP contribution in [0.3, 0.4) is 0 Å². The van der Waals surface area contributed by atoms with Crippen LogP contribution in [0.25, 0.3) is 0 Å². The zero-order valence-electron chi connectivity index (χ0n) is 11.3. The summed E-state index contributed by atoms with van der Waals surface area (Å²) < 4.78 is 0. The predicted molar refractivity (Wildman–Crippen MR) is 72.2 cm³/mol. The summed E-state index contributed by atoms with van der Waals surface area (Å²) >= 11 is 0. The third kappa shape index (κ3) is 1.81. The molecule has 5 heteroatoms. The number of carbonyl (C=O) groups is 3. The maximum absolute atomic E-state index is 12.4. The van der Waals surface area contributed by atoms with E-state index in [0.717, 1.165) is 17.7 Å². The first-order valence-corrected chi connectivity index (χ1v) is 6.87. The van der Waals surface area contributed by atoms with Gasteiger partial charge in [0, 0.05) is 13.1 Å². The summed E-state index contributed by atoms with van der Waals surface area (Å²) in [5, 5.41) is 0. The van der Waals surface area contributed by atoms with Crippen LogP contribution in [0, 0.1) is 0 Å². The van der Waals surface area contributed by atoms with Crippen LogP contribution in [0.4, 0.5) is 0 Å². The number of carbonyl (C=O) groups excluding carboxylic acids is 3. The van der Waals surface area contributed by atoms with Gasteiger partial charge in [-0.15, -0.1) is 0 Å². The third-order valence-corrected chi connectivity index (χ3v) is 3.99. The Balaban J connectivity index is 1.86. The molecule has 0 aliphatic carbocycles. The van der Waals surface area contributed by atoms with Crippen molar-refractivity contribution in [1.29, 1.82) is 0 Å². The lowest BCUT2D eigenvalue weighted by molar-refractivity contribution is -0.133. The summed E-state index contributed by atoms with van der Waals surface area (Å²) in [5.41, 5.74) is 0.775. The molecule has 0 radical (unpaired) electrons. The molecule has 0 unspecified atom stereocenters. The number of rotatable bonds is 2. The lowest BCUT2D eigenvalue weighted by atomic mass is 10.1. The number of benzene rings is 1. The summed E-state index contributed by atoms with van der Waals surface area (Å²) in [6, 6.07) is 5.96. The van der Waals surface area contributed by atoms with Gasteiger partial charge >= 0.3 is 0 Å². The van der Waals surface area contributed by atoms with E-state index in [0.29, 0.717) is 24.2 Å². The zero-order chi connectivity index (χ0) is 14.3. The molecular formula is C15H16N2O3. The van der Waals surface area contributed by atoms with Crippen molar-refractivity contribution in [1.82, 2.24) is 9.80 Å². The highest BCUT2D eigenvalue weighted by atomic mass is 16.2. The highest BCUT2D eigenvalue weighted by Gasteiger charge is 2.41. The van der Waals surface area contributed by atoms with Gasteiger partial charge in [-0.05, 0) is 31.9 Å². The molecular weight excluding hydrogens is 256 g/mol. The van der Waals surface area contributed by atoms with Crippen molar-refractivity contribution in [2.45, 2.75) is 25.8 Å². The van der Waals surface area contributed by atoms with Gasteiger partial charge in [0.1, 0.15) is 6.04 Å². The summed E-state index contributed by atoms with van der Waals surface area (Å²) in [7, 11) is 0. The zero-order valence-corrected chi connectivity index (χ0v) is 11.3. The number of fused-ring (bicyclic) bond motifs is 1. The maximum atomic E-state index is 12.4. The first-order valence-electron chi connectivity index (χ1n) is 6.87. The molecule has 2 heterocycles. The predicted octanol–water partition coefficient (Wildman–Crippen LogP) is 1.29. The highest BCUT2D eigenvalue weighted by molar-refractivity contribution is 6.22. The molecule has 1 aromatic rings. The minimum Gasteiger partial charge on any atom is -0.341 e. The van der Waals surface area contributed by atoms with Gasteiger partial charge < -0.3 is 4.90 Å². The lowest BCUT2D eigenvalue weighted by Gasteiger charge is -2.26. The quantitative estimate of drug-likeness (QED) is 0.762. The molecule has 0 spiro atoms. The summed E-state index contributed by atoms with van der Waals surface area (Å²) in [6.45, 7) is 3.06. The van der Waals surface area contributed by atoms with Gasteiger partial charge in [-0.1, -0.05) is 12.1 Å². The van der Waals surface area contributed by atoms with E-state index in [4.69, 9.17) is 0 Å². The van der Waals surface area contributed by atoms with E-state index in [9.17, 15) is 14.4 Å². The molecule has 0 bridgehead atoms. The van der Waals surface area contributed by atoms with E-state index in [-0.39, 0.29) is 17.7 Å². The molecule has 1 fully saturated rings. The van der Waals surface area contributed by atoms with Crippen LogP contribution >= 0.6 is 0 Å². The molecule has 2 aliphatic heterocycles. The number of imide groups is 1. The van der Waals surface area contributed by atoms with Crippen LogP contribution in [-0.2, 0) is 4.79 Å². The van der Waals surface area contributed by atoms with Gasteiger partial charge in [0.05, 0.1) is 11.1 Å². The Labute approximate surface area is 117 Å². The second-order valence-corrected chi connectivity index (χ2v) is 5.23. The Morgan fingerprint density at radius 1 is 1.05 bits per heavy atom. The number of hydrogen-bond donors (Lipinski definition) is 0. The Morgan fingerprint density at radius 2 is 1.55 bits per heavy atom. The van der Waals surface area contributed by atoms with Crippen LogP contribution in [0.2, 0.25) is 0 Å². The van der Waals surface area contributed by atoms with Gasteiger partial charge in [0.15, 0.2) is 0 Å². The van der Waals surface area contributed by atoms with E-state index in [2.05, 4.69) is 0 Å². The Morgan fingerprint density at radius 3 is 2.05 bits per heavy atom. The minimum atomic E-state index is -0.736. The molecule has 1 saturated heterocycles. The molecule has 5 nitrogen and oxygen atoms in total. The largest absolute Gasteiger partial charge is 0.341 e. The number of likely N-dealkylation sites (tertiary alicyclic amines) is 1. The molecule has 0 aromatic heterocycles. The topological polar surface area (TPSA) is 57.7 Å². The second kappa shape index (κ2) is 4.74. The maximum Gasteiger partial charge on any atom is 0.262 e. The molecule has 3 rings (SSSR count). The van der Waals surface area contributed by atoms with Crippen molar-refractivity contribution in [3.05, 3.63) is 35.4 Å². The van der Waals surface area contributed by atoms with Crippen LogP contribution in [0.5, 0.6) is 0 Å². The van der Waals surface area contributed by atoms with Gasteiger partial charge in [-0.25, -0.2) is 0 Å². The minimum absolute atomic E-state index is 0.142. The van der Waals surface area contributed by atoms with Crippen LogP contribution in [0.1, 0.15) is 40.5 Å². The standard InChI is InChI=1S/C15H16N2O3/c1-10(13(18)16-8-4-5-9-16)17-14(19)11-6-2-3-7-12(11)15(17)20/h2-3,6-7,10H,4-5,8-9H2,1H3/t10-/m1/s1. The fourth-order valence-electron chi connectivity index (χ4n) is 2.87. The molecule has 0 saturated carbocycles. The van der Waals surface area contributed by atoms with Crippen molar-refractivity contribution >= 4 is 17.7 Å². The summed E-state index contributed by atoms with van der Waals surface area (Å²) in [4.78, 5) is 39.8. The molecule has 2 aliphatic rings. The first-order chi connectivity index (χ1) is 9.61. The van der Waals surface area contributed by atoms with Gasteiger partial charge in [-0.3, -0.25) is 19.3 Å². The average molecular weight is 272 g/mol. The fourth-order valence-corrected chi connectivity index (χ4v) is 2.87. The molecule has 1 aromatic carbocycles. The average Bonchev–Trinajstić information content (AvgIpc) is 3.07. The van der Waals surface area contributed by atoms with Gasteiger partial charge in [0.25, 0.3) is 11.8 Å². The Bertz CT molecular complexity index is 556. The van der Waals surface area contributed by atoms with E-state index >= 15 is 0 Å². The fraction of sp³-hybridized carbons (Fsp3) is 0.400. The number of hydrogen-bond acceptors (Lipinski definition) is 3. The summed E-state index contributed by atoms with van der Waals surface area (Å²) in [5.74, 6) is -0.881. The van der Waals surface area contributed by atoms with Crippen LogP contribution in [0.15, 0.2) is 24.3 Å². The number of nitrogens with zero attached hydrogens (tertiary/aromatic N) is 2. The Kier molecular flexibility index (Phi) is 3.04. The van der Waals surface area contributed by atoms with E-state index in [1.807, 2.05) is 0 Å². The molecule has 20 heavy (non-hydrogen) atoms. The highest BCUT2D eigenvalue weighted by Crippen LogP contribution is 2.25. The van der Waals surface area contributed by atoms with E-state index in [1.54, 1.807) is 36.1 Å². The van der Waals surface area contributed by atoms with E-state index < -0.39 is 6.04 Å². The smallest absolute Gasteiger partial charge is 0.262 e. The SMILES string of the molecule is C[C@H](C(=O)N1CCCC1)N1C(=O)c2ccccc2C1=O. The van der Waals surface area contributed by atoms with Crippen molar-refractivity contribution in [2.24, 2.45) is 0 Å². The molecule has 0 N–H and O–H groups in total. The van der Waals surface area contributed by atoms with Crippen molar-refractivity contribution in [2.75, 3.05) is 13.1 Å². The third-order valence-electron chi connectivity index (χ3n) is 3.99. The molecule has 104 valence electrons. The lowest BCUT2D eigenvalue weighted by Crippen LogP contribution is -2.48. The summed E-state index contributed by atoms with van der Waals surface area (Å²) in [6.07, 6.45) is 1.97. The van der Waals surface area contributed by atoms with Crippen LogP contribution in [-0.4, -0.2) is 46.7 Å².